The van der Waals surface area contributed by atoms with Gasteiger partial charge in [0.1, 0.15) is 0 Å². The van der Waals surface area contributed by atoms with Gasteiger partial charge < -0.3 is 4.74 Å². The lowest BCUT2D eigenvalue weighted by atomic mass is 10.3. The molecule has 0 aromatic carbocycles. The predicted molar refractivity (Wildman–Crippen MR) is 47.4 cm³/mol. The van der Waals surface area contributed by atoms with Crippen LogP contribution in [0.1, 0.15) is 20.3 Å². The molecule has 1 aromatic heterocycles. The third kappa shape index (κ3) is 2.34. The fourth-order valence-corrected chi connectivity index (χ4v) is 0.811. The Morgan fingerprint density at radius 2 is 2.17 bits per heavy atom. The van der Waals surface area contributed by atoms with E-state index in [2.05, 4.69) is 9.97 Å². The zero-order valence-corrected chi connectivity index (χ0v) is 7.88. The first-order valence-electron chi connectivity index (χ1n) is 3.87. The highest BCUT2D eigenvalue weighted by Gasteiger charge is 2.06. The monoisotopic (exact) mass is 186 g/mol. The standard InChI is InChI=1S/C8H11ClN2O/c1-3-6(2)12-8-7(9)10-4-5-11-8/h4-6H,3H2,1-2H3/t6-/m1/s1. The van der Waals surface area contributed by atoms with Crippen molar-refractivity contribution >= 4 is 11.6 Å². The smallest absolute Gasteiger partial charge is 0.252 e. The summed E-state index contributed by atoms with van der Waals surface area (Å²) in [6.07, 6.45) is 4.14. The third-order valence-electron chi connectivity index (χ3n) is 1.51. The summed E-state index contributed by atoms with van der Waals surface area (Å²) in [6.45, 7) is 4.00. The van der Waals surface area contributed by atoms with Crippen LogP contribution in [0, 0.1) is 0 Å². The van der Waals surface area contributed by atoms with E-state index >= 15 is 0 Å². The van der Waals surface area contributed by atoms with Crippen LogP contribution in [-0.4, -0.2) is 16.1 Å². The van der Waals surface area contributed by atoms with E-state index in [0.29, 0.717) is 11.0 Å². The second-order valence-electron chi connectivity index (χ2n) is 2.49. The molecule has 0 aliphatic heterocycles. The van der Waals surface area contributed by atoms with Crippen molar-refractivity contribution in [3.63, 3.8) is 0 Å². The Labute approximate surface area is 76.7 Å². The van der Waals surface area contributed by atoms with Crippen LogP contribution >= 0.6 is 11.6 Å². The average molecular weight is 187 g/mol. The Morgan fingerprint density at radius 1 is 1.50 bits per heavy atom. The van der Waals surface area contributed by atoms with Gasteiger partial charge in [-0.15, -0.1) is 0 Å². The average Bonchev–Trinajstić information content (AvgIpc) is 2.09. The molecular weight excluding hydrogens is 176 g/mol. The van der Waals surface area contributed by atoms with E-state index in [9.17, 15) is 0 Å². The van der Waals surface area contributed by atoms with Crippen LogP contribution < -0.4 is 4.74 Å². The molecule has 1 aromatic rings. The van der Waals surface area contributed by atoms with Gasteiger partial charge in [0.2, 0.25) is 0 Å². The van der Waals surface area contributed by atoms with Gasteiger partial charge in [0.05, 0.1) is 6.10 Å². The van der Waals surface area contributed by atoms with Crippen molar-refractivity contribution in [3.05, 3.63) is 17.5 Å². The van der Waals surface area contributed by atoms with Crippen molar-refractivity contribution in [2.75, 3.05) is 0 Å². The molecule has 1 rings (SSSR count). The summed E-state index contributed by atoms with van der Waals surface area (Å²) in [7, 11) is 0. The van der Waals surface area contributed by atoms with Crippen molar-refractivity contribution in [2.24, 2.45) is 0 Å². The van der Waals surface area contributed by atoms with Crippen LogP contribution in [0.25, 0.3) is 0 Å². The van der Waals surface area contributed by atoms with E-state index in [1.807, 2.05) is 13.8 Å². The van der Waals surface area contributed by atoms with Crippen LogP contribution in [0.15, 0.2) is 12.4 Å². The maximum Gasteiger partial charge on any atom is 0.252 e. The summed E-state index contributed by atoms with van der Waals surface area (Å²) in [6, 6.07) is 0. The summed E-state index contributed by atoms with van der Waals surface area (Å²) < 4.78 is 5.39. The maximum absolute atomic E-state index is 5.73. The molecule has 0 saturated heterocycles. The molecule has 0 saturated carbocycles. The summed E-state index contributed by atoms with van der Waals surface area (Å²) in [5, 5.41) is 0.317. The lowest BCUT2D eigenvalue weighted by Gasteiger charge is -2.11. The van der Waals surface area contributed by atoms with Crippen LogP contribution in [0.3, 0.4) is 0 Å². The summed E-state index contributed by atoms with van der Waals surface area (Å²) in [5.41, 5.74) is 0. The van der Waals surface area contributed by atoms with Crippen LogP contribution in [0.2, 0.25) is 5.15 Å². The van der Waals surface area contributed by atoms with Gasteiger partial charge in [0.25, 0.3) is 5.88 Å². The molecule has 0 fully saturated rings. The van der Waals surface area contributed by atoms with E-state index in [1.165, 1.54) is 6.20 Å². The molecule has 66 valence electrons. The predicted octanol–water partition coefficient (Wildman–Crippen LogP) is 2.31. The Bertz CT molecular complexity index is 255. The molecule has 0 unspecified atom stereocenters. The molecule has 0 aliphatic rings. The SMILES string of the molecule is CC[C@@H](C)Oc1nccnc1Cl. The molecule has 0 aliphatic carbocycles. The minimum Gasteiger partial charge on any atom is -0.472 e. The number of ether oxygens (including phenoxy) is 1. The minimum absolute atomic E-state index is 0.124. The highest BCUT2D eigenvalue weighted by atomic mass is 35.5. The van der Waals surface area contributed by atoms with Gasteiger partial charge >= 0.3 is 0 Å². The van der Waals surface area contributed by atoms with Crippen molar-refractivity contribution < 1.29 is 4.74 Å². The van der Waals surface area contributed by atoms with Crippen LogP contribution in [0.5, 0.6) is 5.88 Å². The van der Waals surface area contributed by atoms with E-state index in [1.54, 1.807) is 6.20 Å². The summed E-state index contributed by atoms with van der Waals surface area (Å²) >= 11 is 5.73. The molecule has 0 radical (unpaired) electrons. The molecule has 1 atom stereocenters. The number of hydrogen-bond acceptors (Lipinski definition) is 3. The van der Waals surface area contributed by atoms with Gasteiger partial charge in [-0.3, -0.25) is 0 Å². The normalized spacial score (nSPS) is 12.6. The number of nitrogens with zero attached hydrogens (tertiary/aromatic N) is 2. The minimum atomic E-state index is 0.124. The van der Waals surface area contributed by atoms with Gasteiger partial charge in [0, 0.05) is 12.4 Å². The van der Waals surface area contributed by atoms with Crippen LogP contribution in [0.4, 0.5) is 0 Å². The van der Waals surface area contributed by atoms with Gasteiger partial charge in [-0.05, 0) is 13.3 Å². The molecule has 12 heavy (non-hydrogen) atoms. The Hall–Kier alpha value is -0.830. The topological polar surface area (TPSA) is 35.0 Å². The zero-order valence-electron chi connectivity index (χ0n) is 7.12. The first kappa shape index (κ1) is 9.26. The summed E-state index contributed by atoms with van der Waals surface area (Å²) in [4.78, 5) is 7.79. The number of aromatic nitrogens is 2. The molecule has 4 heteroatoms. The highest BCUT2D eigenvalue weighted by molar-refractivity contribution is 6.30. The van der Waals surface area contributed by atoms with E-state index in [4.69, 9.17) is 16.3 Å². The van der Waals surface area contributed by atoms with Crippen molar-refractivity contribution in [1.29, 1.82) is 0 Å². The maximum atomic E-state index is 5.73. The second kappa shape index (κ2) is 4.26. The first-order chi connectivity index (χ1) is 5.74. The van der Waals surface area contributed by atoms with E-state index < -0.39 is 0 Å². The molecule has 3 nitrogen and oxygen atoms in total. The molecular formula is C8H11ClN2O. The quantitative estimate of drug-likeness (QED) is 0.727. The van der Waals surface area contributed by atoms with Gasteiger partial charge in [-0.25, -0.2) is 9.97 Å². The Kier molecular flexibility index (Phi) is 3.29. The van der Waals surface area contributed by atoms with Gasteiger partial charge in [-0.2, -0.15) is 0 Å². The lowest BCUT2D eigenvalue weighted by molar-refractivity contribution is 0.208. The zero-order chi connectivity index (χ0) is 8.97. The Balaban J connectivity index is 2.69. The van der Waals surface area contributed by atoms with Crippen molar-refractivity contribution in [3.8, 4) is 5.88 Å². The first-order valence-corrected chi connectivity index (χ1v) is 4.25. The van der Waals surface area contributed by atoms with Gasteiger partial charge in [0.15, 0.2) is 5.15 Å². The second-order valence-corrected chi connectivity index (χ2v) is 2.85. The molecule has 0 amide bonds. The number of rotatable bonds is 3. The molecule has 1 heterocycles. The van der Waals surface area contributed by atoms with Crippen molar-refractivity contribution in [2.45, 2.75) is 26.4 Å². The van der Waals surface area contributed by atoms with Crippen LogP contribution in [-0.2, 0) is 0 Å². The number of hydrogen-bond donors (Lipinski definition) is 0. The van der Waals surface area contributed by atoms with Gasteiger partial charge in [-0.1, -0.05) is 18.5 Å². The van der Waals surface area contributed by atoms with Crippen molar-refractivity contribution in [1.82, 2.24) is 9.97 Å². The molecule has 0 N–H and O–H groups in total. The molecule has 0 bridgehead atoms. The van der Waals surface area contributed by atoms with E-state index in [-0.39, 0.29) is 6.10 Å². The fourth-order valence-electron chi connectivity index (χ4n) is 0.661. The Morgan fingerprint density at radius 3 is 2.75 bits per heavy atom. The highest BCUT2D eigenvalue weighted by Crippen LogP contribution is 2.18. The molecule has 0 spiro atoms. The van der Waals surface area contributed by atoms with E-state index in [0.717, 1.165) is 6.42 Å². The summed E-state index contributed by atoms with van der Waals surface area (Å²) in [5.74, 6) is 0.411. The lowest BCUT2D eigenvalue weighted by Crippen LogP contribution is -2.11. The third-order valence-corrected chi connectivity index (χ3v) is 1.77. The largest absolute Gasteiger partial charge is 0.472 e. The number of halogens is 1. The fraction of sp³-hybridized carbons (Fsp3) is 0.500.